The van der Waals surface area contributed by atoms with Crippen LogP contribution in [0.5, 0.6) is 0 Å². The van der Waals surface area contributed by atoms with Crippen LogP contribution in [0.3, 0.4) is 0 Å². The van der Waals surface area contributed by atoms with Crippen molar-refractivity contribution in [1.82, 2.24) is 4.98 Å². The van der Waals surface area contributed by atoms with E-state index in [0.29, 0.717) is 10.8 Å². The number of hydrogen-bond acceptors (Lipinski definition) is 7. The van der Waals surface area contributed by atoms with Crippen molar-refractivity contribution < 1.29 is 14.7 Å². The molecule has 9 heteroatoms. The number of azo groups is 1. The molecule has 0 saturated heterocycles. The Balaban J connectivity index is 1.56. The molecule has 0 fully saturated rings. The van der Waals surface area contributed by atoms with Gasteiger partial charge in [0.2, 0.25) is 5.13 Å². The number of carboxylic acids is 1. The Labute approximate surface area is 176 Å². The first-order valence-electron chi connectivity index (χ1n) is 9.09. The van der Waals surface area contributed by atoms with E-state index in [-0.39, 0.29) is 17.2 Å². The summed E-state index contributed by atoms with van der Waals surface area (Å²) in [7, 11) is 0. The molecule has 1 unspecified atom stereocenters. The van der Waals surface area contributed by atoms with E-state index < -0.39 is 12.0 Å². The highest BCUT2D eigenvalue weighted by atomic mass is 32.1. The number of hydrazone groups is 1. The summed E-state index contributed by atoms with van der Waals surface area (Å²) in [6.07, 6.45) is 0. The van der Waals surface area contributed by atoms with Gasteiger partial charge in [0, 0.05) is 10.9 Å². The zero-order valence-electron chi connectivity index (χ0n) is 16.2. The molecule has 2 heterocycles. The third-order valence-corrected chi connectivity index (χ3v) is 5.35. The Morgan fingerprint density at radius 1 is 1.13 bits per heavy atom. The number of aromatic nitrogens is 1. The van der Waals surface area contributed by atoms with Crippen LogP contribution in [0.4, 0.5) is 10.8 Å². The summed E-state index contributed by atoms with van der Waals surface area (Å²) in [5, 5.41) is 25.2. The highest BCUT2D eigenvalue weighted by molar-refractivity contribution is 7.14. The van der Waals surface area contributed by atoms with Gasteiger partial charge in [-0.05, 0) is 26.0 Å². The topological polar surface area (TPSA) is 108 Å². The third-order valence-electron chi connectivity index (χ3n) is 4.53. The minimum absolute atomic E-state index is 0.0146. The fourth-order valence-corrected chi connectivity index (χ4v) is 3.69. The standard InChI is InChI=1S/C21H17N5O3S/c1-12-7-9-14(10-8-12)17-11-30-21(22-17)26-19(27)18(13(2)25-26)24-23-16-6-4-3-5-15(16)20(28)29/h3-11,18H,1-2H3,(H,28,29). The lowest BCUT2D eigenvalue weighted by atomic mass is 10.1. The number of amides is 1. The molecule has 0 saturated carbocycles. The molecule has 8 nitrogen and oxygen atoms in total. The van der Waals surface area contributed by atoms with E-state index in [1.54, 1.807) is 19.1 Å². The monoisotopic (exact) mass is 419 g/mol. The summed E-state index contributed by atoms with van der Waals surface area (Å²) >= 11 is 1.31. The van der Waals surface area contributed by atoms with E-state index in [4.69, 9.17) is 0 Å². The molecule has 2 aromatic carbocycles. The Bertz CT molecular complexity index is 1180. The number of aryl methyl sites for hydroxylation is 1. The van der Waals surface area contributed by atoms with Crippen LogP contribution in [0.15, 0.2) is 69.2 Å². The van der Waals surface area contributed by atoms with Gasteiger partial charge in [0.25, 0.3) is 5.91 Å². The average Bonchev–Trinajstić information content (AvgIpc) is 3.32. The van der Waals surface area contributed by atoms with Gasteiger partial charge in [-0.3, -0.25) is 4.79 Å². The quantitative estimate of drug-likeness (QED) is 0.605. The Morgan fingerprint density at radius 2 is 1.87 bits per heavy atom. The van der Waals surface area contributed by atoms with Gasteiger partial charge in [0.05, 0.1) is 22.7 Å². The maximum absolute atomic E-state index is 12.9. The second-order valence-electron chi connectivity index (χ2n) is 6.71. The van der Waals surface area contributed by atoms with Crippen molar-refractivity contribution in [2.75, 3.05) is 5.01 Å². The van der Waals surface area contributed by atoms with Crippen LogP contribution in [0.25, 0.3) is 11.3 Å². The number of carbonyl (C=O) groups is 2. The Hall–Kier alpha value is -3.72. The molecule has 1 aromatic heterocycles. The summed E-state index contributed by atoms with van der Waals surface area (Å²) < 4.78 is 0. The lowest BCUT2D eigenvalue weighted by molar-refractivity contribution is -0.117. The van der Waals surface area contributed by atoms with Crippen LogP contribution in [-0.4, -0.2) is 33.7 Å². The van der Waals surface area contributed by atoms with Crippen molar-refractivity contribution in [2.45, 2.75) is 19.9 Å². The van der Waals surface area contributed by atoms with Gasteiger partial charge < -0.3 is 5.11 Å². The molecule has 1 aliphatic rings. The summed E-state index contributed by atoms with van der Waals surface area (Å²) in [5.41, 5.74) is 3.53. The zero-order chi connectivity index (χ0) is 21.3. The van der Waals surface area contributed by atoms with Gasteiger partial charge in [-0.2, -0.15) is 20.3 Å². The number of anilines is 1. The smallest absolute Gasteiger partial charge is 0.337 e. The molecule has 0 aliphatic carbocycles. The number of carbonyl (C=O) groups excluding carboxylic acids is 1. The van der Waals surface area contributed by atoms with Crippen LogP contribution in [-0.2, 0) is 4.79 Å². The number of aromatic carboxylic acids is 1. The first-order chi connectivity index (χ1) is 14.4. The molecule has 1 N–H and O–H groups in total. The second-order valence-corrected chi connectivity index (χ2v) is 7.55. The van der Waals surface area contributed by atoms with Crippen LogP contribution in [0.1, 0.15) is 22.8 Å². The normalized spacial score (nSPS) is 16.3. The van der Waals surface area contributed by atoms with Crippen molar-refractivity contribution in [1.29, 1.82) is 0 Å². The van der Waals surface area contributed by atoms with Crippen LogP contribution < -0.4 is 5.01 Å². The minimum atomic E-state index is -1.11. The van der Waals surface area contributed by atoms with Gasteiger partial charge >= 0.3 is 5.97 Å². The predicted octanol–water partition coefficient (Wildman–Crippen LogP) is 4.69. The van der Waals surface area contributed by atoms with Crippen molar-refractivity contribution in [3.8, 4) is 11.3 Å². The van der Waals surface area contributed by atoms with E-state index in [1.165, 1.54) is 28.5 Å². The summed E-state index contributed by atoms with van der Waals surface area (Å²) in [6, 6.07) is 13.3. The van der Waals surface area contributed by atoms with Gasteiger partial charge in [0.1, 0.15) is 0 Å². The predicted molar refractivity (Wildman–Crippen MR) is 115 cm³/mol. The molecule has 150 valence electrons. The largest absolute Gasteiger partial charge is 0.478 e. The Kier molecular flexibility index (Phi) is 5.20. The van der Waals surface area contributed by atoms with E-state index in [9.17, 15) is 14.7 Å². The maximum atomic E-state index is 12.9. The number of rotatable bonds is 5. The molecule has 1 atom stereocenters. The average molecular weight is 419 g/mol. The first kappa shape index (κ1) is 19.6. The molecule has 0 radical (unpaired) electrons. The fraction of sp³-hybridized carbons (Fsp3) is 0.143. The Morgan fingerprint density at radius 3 is 2.60 bits per heavy atom. The van der Waals surface area contributed by atoms with Gasteiger partial charge in [0.15, 0.2) is 6.04 Å². The number of thiazole rings is 1. The van der Waals surface area contributed by atoms with Crippen LogP contribution >= 0.6 is 11.3 Å². The first-order valence-corrected chi connectivity index (χ1v) is 9.97. The summed E-state index contributed by atoms with van der Waals surface area (Å²) in [4.78, 5) is 28.7. The van der Waals surface area contributed by atoms with Crippen LogP contribution in [0.2, 0.25) is 0 Å². The van der Waals surface area contributed by atoms with E-state index in [1.807, 2.05) is 36.6 Å². The molecule has 0 spiro atoms. The molecule has 30 heavy (non-hydrogen) atoms. The van der Waals surface area contributed by atoms with Crippen molar-refractivity contribution in [2.24, 2.45) is 15.3 Å². The van der Waals surface area contributed by atoms with Crippen molar-refractivity contribution >= 4 is 39.7 Å². The van der Waals surface area contributed by atoms with E-state index in [2.05, 4.69) is 20.3 Å². The second kappa shape index (κ2) is 7.96. The molecule has 4 rings (SSSR count). The zero-order valence-corrected chi connectivity index (χ0v) is 17.0. The molecular weight excluding hydrogens is 402 g/mol. The fourth-order valence-electron chi connectivity index (χ4n) is 2.91. The number of benzene rings is 2. The molecule has 3 aromatic rings. The van der Waals surface area contributed by atoms with Gasteiger partial charge in [-0.1, -0.05) is 42.0 Å². The highest BCUT2D eigenvalue weighted by Gasteiger charge is 2.36. The molecular formula is C21H17N5O3S. The molecule has 1 aliphatic heterocycles. The number of hydrogen-bond donors (Lipinski definition) is 1. The van der Waals surface area contributed by atoms with Crippen molar-refractivity contribution in [3.63, 3.8) is 0 Å². The summed E-state index contributed by atoms with van der Waals surface area (Å²) in [6.45, 7) is 3.69. The molecule has 0 bridgehead atoms. The van der Waals surface area contributed by atoms with Gasteiger partial charge in [-0.15, -0.1) is 11.3 Å². The highest BCUT2D eigenvalue weighted by Crippen LogP contribution is 2.31. The lowest BCUT2D eigenvalue weighted by Gasteiger charge is -2.08. The third kappa shape index (κ3) is 3.74. The van der Waals surface area contributed by atoms with E-state index >= 15 is 0 Å². The van der Waals surface area contributed by atoms with Crippen LogP contribution in [0, 0.1) is 6.92 Å². The summed E-state index contributed by atoms with van der Waals surface area (Å²) in [5.74, 6) is -1.49. The maximum Gasteiger partial charge on any atom is 0.337 e. The minimum Gasteiger partial charge on any atom is -0.478 e. The molecule has 1 amide bonds. The number of carboxylic acid groups (broad SMARTS) is 1. The van der Waals surface area contributed by atoms with E-state index in [0.717, 1.165) is 16.8 Å². The SMILES string of the molecule is CC1=NN(c2nc(-c3ccc(C)cc3)cs2)C(=O)C1N=Nc1ccccc1C(=O)O. The number of nitrogens with zero attached hydrogens (tertiary/aromatic N) is 5. The van der Waals surface area contributed by atoms with Crippen molar-refractivity contribution in [3.05, 3.63) is 65.0 Å². The lowest BCUT2D eigenvalue weighted by Crippen LogP contribution is -2.29. The van der Waals surface area contributed by atoms with Gasteiger partial charge in [-0.25, -0.2) is 9.78 Å².